The minimum absolute atomic E-state index is 0.159. The average Bonchev–Trinajstić information content (AvgIpc) is 3.48. The molecule has 35 heavy (non-hydrogen) atoms. The minimum Gasteiger partial charge on any atom is -0.480 e. The van der Waals surface area contributed by atoms with Crippen LogP contribution in [0.5, 0.6) is 0 Å². The average molecular weight is 549 g/mol. The van der Waals surface area contributed by atoms with Gasteiger partial charge in [-0.05, 0) is 31.4 Å². The Balaban J connectivity index is 1.43. The van der Waals surface area contributed by atoms with E-state index in [1.54, 1.807) is 12.4 Å². The number of carboxylic acid groups (broad SMARTS) is 1. The number of hydrogen-bond donors (Lipinski definition) is 6. The van der Waals surface area contributed by atoms with Crippen LogP contribution in [-0.2, 0) is 24.4 Å². The summed E-state index contributed by atoms with van der Waals surface area (Å²) in [6.45, 7) is 0.250. The lowest BCUT2D eigenvalue weighted by Crippen LogP contribution is -2.51. The highest BCUT2D eigenvalue weighted by Crippen LogP contribution is 2.28. The number of H-pyrrole nitrogens is 1. The molecule has 1 aromatic carbocycles. The molecule has 0 radical (unpaired) electrons. The topological polar surface area (TPSA) is 175 Å². The summed E-state index contributed by atoms with van der Waals surface area (Å²) < 4.78 is 27.3. The van der Waals surface area contributed by atoms with Crippen LogP contribution < -0.4 is 20.8 Å². The fourth-order valence-corrected chi connectivity index (χ4v) is 5.76. The van der Waals surface area contributed by atoms with Crippen molar-refractivity contribution >= 4 is 51.0 Å². The molecule has 1 aliphatic rings. The van der Waals surface area contributed by atoms with Crippen molar-refractivity contribution in [3.05, 3.63) is 40.6 Å². The molecule has 1 aliphatic heterocycles. The van der Waals surface area contributed by atoms with Crippen molar-refractivity contribution in [2.45, 2.75) is 48.8 Å². The van der Waals surface area contributed by atoms with Crippen LogP contribution >= 0.6 is 23.2 Å². The number of carboxylic acids is 1. The Labute approximate surface area is 212 Å². The number of amides is 1. The first-order valence-electron chi connectivity index (χ1n) is 10.8. The lowest BCUT2D eigenvalue weighted by molar-refractivity contribution is -0.139. The van der Waals surface area contributed by atoms with E-state index in [-0.39, 0.29) is 16.1 Å². The molecule has 1 saturated heterocycles. The van der Waals surface area contributed by atoms with Gasteiger partial charge in [0.15, 0.2) is 5.95 Å². The normalized spacial score (nSPS) is 18.8. The van der Waals surface area contributed by atoms with E-state index in [0.717, 1.165) is 25.8 Å². The van der Waals surface area contributed by atoms with Gasteiger partial charge in [0, 0.05) is 31.9 Å². The molecule has 0 saturated carbocycles. The molecule has 3 atom stereocenters. The zero-order valence-electron chi connectivity index (χ0n) is 18.5. The van der Waals surface area contributed by atoms with Gasteiger partial charge in [0.25, 0.3) is 0 Å². The summed E-state index contributed by atoms with van der Waals surface area (Å²) in [5.41, 5.74) is 2.65. The first kappa shape index (κ1) is 27.2. The number of aromatic nitrogens is 2. The fraction of sp³-hybridized carbons (Fsp3) is 0.450. The van der Waals surface area contributed by atoms with Crippen molar-refractivity contribution in [1.82, 2.24) is 25.5 Å². The molecule has 1 amide bonds. The highest BCUT2D eigenvalue weighted by atomic mass is 35.5. The molecule has 1 fully saturated rings. The molecular formula is C20H26Cl2N6O6S. The van der Waals surface area contributed by atoms with Gasteiger partial charge in [0.2, 0.25) is 15.9 Å². The summed E-state index contributed by atoms with van der Waals surface area (Å²) in [5.74, 6) is -1.28. The molecular weight excluding hydrogens is 523 g/mol. The molecule has 3 unspecified atom stereocenters. The third kappa shape index (κ3) is 7.78. The van der Waals surface area contributed by atoms with Crippen LogP contribution in [0.15, 0.2) is 35.5 Å². The zero-order valence-corrected chi connectivity index (χ0v) is 20.8. The molecule has 0 aliphatic carbocycles. The minimum atomic E-state index is -4.37. The first-order valence-corrected chi connectivity index (χ1v) is 13.0. The molecule has 0 bridgehead atoms. The second kappa shape index (κ2) is 12.5. The number of nitrogens with one attached hydrogen (secondary N) is 5. The Morgan fingerprint density at radius 1 is 1.26 bits per heavy atom. The van der Waals surface area contributed by atoms with E-state index in [2.05, 4.69) is 26.1 Å². The molecule has 3 rings (SSSR count). The van der Waals surface area contributed by atoms with Crippen molar-refractivity contribution < 1.29 is 28.0 Å². The monoisotopic (exact) mass is 548 g/mol. The lowest BCUT2D eigenvalue weighted by Gasteiger charge is -2.18. The van der Waals surface area contributed by atoms with Crippen molar-refractivity contribution in [3.8, 4) is 0 Å². The highest BCUT2D eigenvalue weighted by molar-refractivity contribution is 7.89. The Hall–Kier alpha value is -2.42. The maximum absolute atomic E-state index is 12.6. The summed E-state index contributed by atoms with van der Waals surface area (Å²) in [7, 11) is -4.37. The van der Waals surface area contributed by atoms with Gasteiger partial charge in [-0.25, -0.2) is 13.4 Å². The standard InChI is InChI=1S/C20H26Cl2N6O6S/c21-13-5-3-6-14(22)17(13)35(32,33)28-16(19(30)31)11-26-18(29)15-10-12(34-27-15)4-1-2-7-23-20-24-8-9-25-20/h3,5-6,8-9,12,15-16,27-28H,1-2,4,7,10-11H2,(H,26,29)(H,30,31)(H2,23,24,25). The Morgan fingerprint density at radius 3 is 2.66 bits per heavy atom. The van der Waals surface area contributed by atoms with E-state index in [4.69, 9.17) is 28.0 Å². The number of imidazole rings is 1. The number of anilines is 1. The van der Waals surface area contributed by atoms with Gasteiger partial charge >= 0.3 is 5.97 Å². The molecule has 2 aromatic rings. The predicted octanol–water partition coefficient (Wildman–Crippen LogP) is 1.51. The quantitative estimate of drug-likeness (QED) is 0.202. The van der Waals surface area contributed by atoms with Crippen LogP contribution in [0.3, 0.4) is 0 Å². The van der Waals surface area contributed by atoms with Crippen LogP contribution in [0.2, 0.25) is 10.0 Å². The molecule has 2 heterocycles. The number of sulfonamides is 1. The Morgan fingerprint density at radius 2 is 2.00 bits per heavy atom. The molecule has 1 aromatic heterocycles. The van der Waals surface area contributed by atoms with E-state index in [1.165, 1.54) is 18.2 Å². The number of benzene rings is 1. The Kier molecular flexibility index (Phi) is 9.71. The van der Waals surface area contributed by atoms with E-state index >= 15 is 0 Å². The maximum atomic E-state index is 12.6. The van der Waals surface area contributed by atoms with Gasteiger partial charge in [-0.15, -0.1) is 0 Å². The number of carbonyl (C=O) groups excluding carboxylic acids is 1. The highest BCUT2D eigenvalue weighted by Gasteiger charge is 2.33. The van der Waals surface area contributed by atoms with Crippen LogP contribution in [0, 0.1) is 0 Å². The number of unbranched alkanes of at least 4 members (excludes halogenated alkanes) is 1. The third-order valence-electron chi connectivity index (χ3n) is 5.20. The number of nitrogens with zero attached hydrogens (tertiary/aromatic N) is 1. The SMILES string of the molecule is O=C(O)C(CNC(=O)C1CC(CCCCNc2ncc[nH]2)ON1)NS(=O)(=O)c1c(Cl)cccc1Cl. The first-order chi connectivity index (χ1) is 16.7. The number of carbonyl (C=O) groups is 2. The number of hydroxylamine groups is 1. The molecule has 15 heteroatoms. The summed E-state index contributed by atoms with van der Waals surface area (Å²) in [6.07, 6.45) is 6.09. The van der Waals surface area contributed by atoms with E-state index in [1.807, 2.05) is 4.72 Å². The number of hydrogen-bond acceptors (Lipinski definition) is 8. The summed E-state index contributed by atoms with van der Waals surface area (Å²) in [5, 5.41) is 14.7. The zero-order chi connectivity index (χ0) is 25.4. The number of aromatic amines is 1. The van der Waals surface area contributed by atoms with Crippen LogP contribution in [0.1, 0.15) is 25.7 Å². The van der Waals surface area contributed by atoms with Crippen LogP contribution in [0.25, 0.3) is 0 Å². The molecule has 12 nitrogen and oxygen atoms in total. The second-order valence-electron chi connectivity index (χ2n) is 7.81. The fourth-order valence-electron chi connectivity index (χ4n) is 3.43. The Bertz CT molecular complexity index is 1100. The van der Waals surface area contributed by atoms with E-state index < -0.39 is 45.4 Å². The number of halogens is 2. The largest absolute Gasteiger partial charge is 0.480 e. The van der Waals surface area contributed by atoms with Gasteiger partial charge in [-0.3, -0.25) is 14.4 Å². The molecule has 6 N–H and O–H groups in total. The molecule has 0 spiro atoms. The summed E-state index contributed by atoms with van der Waals surface area (Å²) in [6, 6.07) is 1.76. The van der Waals surface area contributed by atoms with Gasteiger partial charge in [0.1, 0.15) is 17.0 Å². The van der Waals surface area contributed by atoms with Crippen molar-refractivity contribution in [1.29, 1.82) is 0 Å². The van der Waals surface area contributed by atoms with E-state index in [9.17, 15) is 23.1 Å². The summed E-state index contributed by atoms with van der Waals surface area (Å²) >= 11 is 11.9. The van der Waals surface area contributed by atoms with Gasteiger partial charge < -0.3 is 20.7 Å². The predicted molar refractivity (Wildman–Crippen MR) is 129 cm³/mol. The van der Waals surface area contributed by atoms with Gasteiger partial charge in [0.05, 0.1) is 16.1 Å². The van der Waals surface area contributed by atoms with Gasteiger partial charge in [-0.1, -0.05) is 29.3 Å². The summed E-state index contributed by atoms with van der Waals surface area (Å²) in [4.78, 5) is 36.1. The van der Waals surface area contributed by atoms with Crippen LogP contribution in [0.4, 0.5) is 5.95 Å². The number of aliphatic carboxylic acids is 1. The van der Waals surface area contributed by atoms with Crippen LogP contribution in [-0.4, -0.2) is 66.6 Å². The maximum Gasteiger partial charge on any atom is 0.323 e. The number of rotatable bonds is 13. The van der Waals surface area contributed by atoms with Crippen molar-refractivity contribution in [3.63, 3.8) is 0 Å². The van der Waals surface area contributed by atoms with Crippen molar-refractivity contribution in [2.24, 2.45) is 0 Å². The van der Waals surface area contributed by atoms with E-state index in [0.29, 0.717) is 12.4 Å². The lowest BCUT2D eigenvalue weighted by atomic mass is 10.1. The smallest absolute Gasteiger partial charge is 0.323 e. The third-order valence-corrected chi connectivity index (χ3v) is 7.63. The van der Waals surface area contributed by atoms with Crippen molar-refractivity contribution in [2.75, 3.05) is 18.4 Å². The second-order valence-corrected chi connectivity index (χ2v) is 10.3. The molecule has 192 valence electrons. The van der Waals surface area contributed by atoms with Gasteiger partial charge in [-0.2, -0.15) is 10.2 Å².